The van der Waals surface area contributed by atoms with Gasteiger partial charge < -0.3 is 0 Å². The summed E-state index contributed by atoms with van der Waals surface area (Å²) in [6.45, 7) is 0. The van der Waals surface area contributed by atoms with E-state index in [1.54, 1.807) is 0 Å². The van der Waals surface area contributed by atoms with Crippen molar-refractivity contribution in [2.24, 2.45) is 0 Å². The van der Waals surface area contributed by atoms with E-state index in [1.807, 2.05) is 6.07 Å². The largest absolute Gasteiger partial charge is 0.248 e. The van der Waals surface area contributed by atoms with Crippen molar-refractivity contribution in [3.05, 3.63) is 101 Å². The van der Waals surface area contributed by atoms with Crippen LogP contribution in [0.15, 0.2) is 89.4 Å². The number of nitrogens with zero attached hydrogens (tertiary/aromatic N) is 1. The van der Waals surface area contributed by atoms with Gasteiger partial charge in [0.1, 0.15) is 0 Å². The van der Waals surface area contributed by atoms with Crippen molar-refractivity contribution in [3.8, 4) is 11.3 Å². The number of fused-ring (bicyclic) bond motifs is 1. The van der Waals surface area contributed by atoms with Crippen LogP contribution in [0.2, 0.25) is 0 Å². The normalized spacial score (nSPS) is 10.9. The number of benzene rings is 3. The summed E-state index contributed by atoms with van der Waals surface area (Å²) in [6, 6.07) is 29.6. The van der Waals surface area contributed by atoms with E-state index in [4.69, 9.17) is 4.98 Å². The van der Waals surface area contributed by atoms with Crippen LogP contribution in [-0.4, -0.2) is 4.98 Å². The fourth-order valence-corrected chi connectivity index (χ4v) is 3.60. The smallest absolute Gasteiger partial charge is 0.0741 e. The molecule has 0 aliphatic rings. The second kappa shape index (κ2) is 7.20. The Labute approximate surface area is 156 Å². The molecule has 25 heavy (non-hydrogen) atoms. The Morgan fingerprint density at radius 1 is 0.720 bits per heavy atom. The molecule has 0 spiro atoms. The first-order valence-electron chi connectivity index (χ1n) is 8.48. The number of aromatic nitrogens is 1. The second-order valence-electron chi connectivity index (χ2n) is 6.18. The summed E-state index contributed by atoms with van der Waals surface area (Å²) in [5, 5.41) is 1.20. The van der Waals surface area contributed by atoms with Crippen molar-refractivity contribution < 1.29 is 0 Å². The topological polar surface area (TPSA) is 12.9 Å². The third-order valence-corrected chi connectivity index (χ3v) is 4.94. The van der Waals surface area contributed by atoms with Gasteiger partial charge in [-0.3, -0.25) is 0 Å². The second-order valence-corrected chi connectivity index (χ2v) is 7.10. The minimum atomic E-state index is 0.985. The molecule has 3 aromatic carbocycles. The lowest BCUT2D eigenvalue weighted by molar-refractivity contribution is 0.964. The summed E-state index contributed by atoms with van der Waals surface area (Å²) in [5.41, 5.74) is 5.94. The van der Waals surface area contributed by atoms with Crippen molar-refractivity contribution in [2.75, 3.05) is 0 Å². The van der Waals surface area contributed by atoms with Gasteiger partial charge in [0.2, 0.25) is 0 Å². The van der Waals surface area contributed by atoms with Gasteiger partial charge in [-0.2, -0.15) is 0 Å². The molecule has 0 aliphatic carbocycles. The Kier molecular flexibility index (Phi) is 4.62. The van der Waals surface area contributed by atoms with Gasteiger partial charge in [-0.1, -0.05) is 82.7 Å². The lowest BCUT2D eigenvalue weighted by Crippen LogP contribution is -1.95. The lowest BCUT2D eigenvalue weighted by Gasteiger charge is -2.09. The van der Waals surface area contributed by atoms with Crippen LogP contribution >= 0.6 is 15.9 Å². The highest BCUT2D eigenvalue weighted by Gasteiger charge is 2.06. The van der Waals surface area contributed by atoms with Gasteiger partial charge in [0.25, 0.3) is 0 Å². The number of aryl methyl sites for hydroxylation is 2. The maximum Gasteiger partial charge on any atom is 0.0741 e. The summed E-state index contributed by atoms with van der Waals surface area (Å²) in [4.78, 5) is 4.97. The van der Waals surface area contributed by atoms with Crippen molar-refractivity contribution in [2.45, 2.75) is 12.8 Å². The van der Waals surface area contributed by atoms with E-state index in [0.29, 0.717) is 0 Å². The zero-order valence-electron chi connectivity index (χ0n) is 13.8. The van der Waals surface area contributed by atoms with Gasteiger partial charge in [0.05, 0.1) is 11.2 Å². The van der Waals surface area contributed by atoms with Crippen LogP contribution in [0.5, 0.6) is 0 Å². The van der Waals surface area contributed by atoms with E-state index in [1.165, 1.54) is 16.5 Å². The highest BCUT2D eigenvalue weighted by molar-refractivity contribution is 9.10. The molecule has 0 saturated carbocycles. The third-order valence-electron chi connectivity index (χ3n) is 4.45. The standard InChI is InChI=1S/C23H18BrN/c24-21-11-4-6-17(16-21)12-13-19-9-5-10-20-14-15-22(25-23(19)20)18-7-2-1-3-8-18/h1-11,14-16H,12-13H2. The highest BCUT2D eigenvalue weighted by Crippen LogP contribution is 2.24. The molecule has 0 N–H and O–H groups in total. The fourth-order valence-electron chi connectivity index (χ4n) is 3.15. The predicted octanol–water partition coefficient (Wildman–Crippen LogP) is 6.45. The lowest BCUT2D eigenvalue weighted by atomic mass is 10.0. The van der Waals surface area contributed by atoms with Crippen LogP contribution in [0.1, 0.15) is 11.1 Å². The first kappa shape index (κ1) is 16.0. The molecule has 4 rings (SSSR count). The van der Waals surface area contributed by atoms with E-state index in [0.717, 1.165) is 34.1 Å². The molecule has 0 aliphatic heterocycles. The van der Waals surface area contributed by atoms with Crippen molar-refractivity contribution >= 4 is 26.8 Å². The minimum absolute atomic E-state index is 0.985. The van der Waals surface area contributed by atoms with Crippen LogP contribution < -0.4 is 0 Å². The molecule has 0 saturated heterocycles. The molecule has 0 unspecified atom stereocenters. The average Bonchev–Trinajstić information content (AvgIpc) is 2.67. The van der Waals surface area contributed by atoms with E-state index >= 15 is 0 Å². The summed E-state index contributed by atoms with van der Waals surface area (Å²) < 4.78 is 1.13. The summed E-state index contributed by atoms with van der Waals surface area (Å²) in [5.74, 6) is 0. The maximum atomic E-state index is 4.97. The molecule has 1 heterocycles. The van der Waals surface area contributed by atoms with Crippen LogP contribution in [0.25, 0.3) is 22.2 Å². The quantitative estimate of drug-likeness (QED) is 0.392. The maximum absolute atomic E-state index is 4.97. The molecular weight excluding hydrogens is 370 g/mol. The highest BCUT2D eigenvalue weighted by atomic mass is 79.9. The zero-order chi connectivity index (χ0) is 17.1. The summed E-state index contributed by atoms with van der Waals surface area (Å²) in [7, 11) is 0. The Hall–Kier alpha value is -2.45. The molecule has 0 fully saturated rings. The third kappa shape index (κ3) is 3.64. The van der Waals surface area contributed by atoms with E-state index in [-0.39, 0.29) is 0 Å². The molecule has 122 valence electrons. The van der Waals surface area contributed by atoms with Crippen LogP contribution in [0, 0.1) is 0 Å². The molecule has 0 bridgehead atoms. The summed E-state index contributed by atoms with van der Waals surface area (Å²) in [6.07, 6.45) is 1.99. The SMILES string of the molecule is Brc1cccc(CCc2cccc3ccc(-c4ccccc4)nc23)c1. The zero-order valence-corrected chi connectivity index (χ0v) is 15.4. The van der Waals surface area contributed by atoms with E-state index in [9.17, 15) is 0 Å². The first-order chi connectivity index (χ1) is 12.3. The Balaban J connectivity index is 1.68. The minimum Gasteiger partial charge on any atom is -0.248 e. The van der Waals surface area contributed by atoms with Gasteiger partial charge in [-0.25, -0.2) is 4.98 Å². The van der Waals surface area contributed by atoms with E-state index in [2.05, 4.69) is 94.8 Å². The number of hydrogen-bond donors (Lipinski definition) is 0. The Bertz CT molecular complexity index is 1010. The summed E-state index contributed by atoms with van der Waals surface area (Å²) >= 11 is 3.55. The number of rotatable bonds is 4. The fraction of sp³-hybridized carbons (Fsp3) is 0.0870. The van der Waals surface area contributed by atoms with Gasteiger partial charge in [0, 0.05) is 15.4 Å². The molecule has 4 aromatic rings. The monoisotopic (exact) mass is 387 g/mol. The van der Waals surface area contributed by atoms with E-state index < -0.39 is 0 Å². The number of halogens is 1. The van der Waals surface area contributed by atoms with Crippen LogP contribution in [0.4, 0.5) is 0 Å². The molecule has 0 radical (unpaired) electrons. The van der Waals surface area contributed by atoms with Crippen LogP contribution in [-0.2, 0) is 12.8 Å². The van der Waals surface area contributed by atoms with Gasteiger partial charge in [-0.15, -0.1) is 0 Å². The number of para-hydroxylation sites is 1. The van der Waals surface area contributed by atoms with Gasteiger partial charge in [-0.05, 0) is 42.2 Å². The predicted molar refractivity (Wildman–Crippen MR) is 109 cm³/mol. The van der Waals surface area contributed by atoms with Crippen molar-refractivity contribution in [3.63, 3.8) is 0 Å². The number of hydrogen-bond acceptors (Lipinski definition) is 1. The molecule has 2 heteroatoms. The Morgan fingerprint density at radius 2 is 1.56 bits per heavy atom. The van der Waals surface area contributed by atoms with Crippen molar-refractivity contribution in [1.82, 2.24) is 4.98 Å². The van der Waals surface area contributed by atoms with Gasteiger partial charge in [0.15, 0.2) is 0 Å². The average molecular weight is 388 g/mol. The number of pyridine rings is 1. The van der Waals surface area contributed by atoms with Crippen LogP contribution in [0.3, 0.4) is 0 Å². The first-order valence-corrected chi connectivity index (χ1v) is 9.27. The van der Waals surface area contributed by atoms with Crippen molar-refractivity contribution in [1.29, 1.82) is 0 Å². The molecule has 1 aromatic heterocycles. The van der Waals surface area contributed by atoms with Gasteiger partial charge >= 0.3 is 0 Å². The molecule has 0 atom stereocenters. The molecule has 0 amide bonds. The molecular formula is C23H18BrN. The Morgan fingerprint density at radius 3 is 2.40 bits per heavy atom. The molecule has 1 nitrogen and oxygen atoms in total.